The van der Waals surface area contributed by atoms with Gasteiger partial charge in [0.25, 0.3) is 0 Å². The van der Waals surface area contributed by atoms with Crippen LogP contribution in [-0.2, 0) is 0 Å². The minimum Gasteiger partial charge on any atom is -0.393 e. The highest BCUT2D eigenvalue weighted by Crippen LogP contribution is 2.14. The standard InChI is InChI=1S/C6H14S.C5H11Cl.C5H12O.C5H12/c1-5(2)6(3)7-4;2*1-4(2)5(3)6;1-4-5(2)3/h5-6H,1-4H3;4-5H,1-3H3;4-6H,1-3H3;5H,4H2,1-3H3/t;2*5-;/m.01./s1. The molecule has 152 valence electrons. The lowest BCUT2D eigenvalue weighted by molar-refractivity contribution is 0.144. The Bertz CT molecular complexity index is 190. The number of thioether (sulfide) groups is 1. The molecule has 0 fully saturated rings. The summed E-state index contributed by atoms with van der Waals surface area (Å²) >= 11 is 7.55. The van der Waals surface area contributed by atoms with Crippen LogP contribution in [0.1, 0.15) is 89.5 Å². The number of alkyl halides is 1. The first-order valence-electron chi connectivity index (χ1n) is 9.59. The normalized spacial score (nSPS) is 14.1. The topological polar surface area (TPSA) is 20.2 Å². The summed E-state index contributed by atoms with van der Waals surface area (Å²) in [6.07, 6.45) is 3.31. The fraction of sp³-hybridized carbons (Fsp3) is 1.00. The monoisotopic (exact) mass is 384 g/mol. The fourth-order valence-corrected chi connectivity index (χ4v) is 0.816. The van der Waals surface area contributed by atoms with Gasteiger partial charge in [-0.05, 0) is 43.8 Å². The molecule has 0 heterocycles. The quantitative estimate of drug-likeness (QED) is 0.489. The SMILES string of the molecule is CC(C)[C@@H](C)O.CC(C)[C@H](C)Cl.CCC(C)C.CSC(C)C(C)C. The minimum atomic E-state index is -0.148. The molecular formula is C21H49ClOS. The Morgan fingerprint density at radius 1 is 0.750 bits per heavy atom. The van der Waals surface area contributed by atoms with E-state index < -0.39 is 0 Å². The lowest BCUT2D eigenvalue weighted by atomic mass is 10.1. The fourth-order valence-electron chi connectivity index (χ4n) is 0.272. The Labute approximate surface area is 164 Å². The Kier molecular flexibility index (Phi) is 29.1. The van der Waals surface area contributed by atoms with Crippen molar-refractivity contribution in [3.63, 3.8) is 0 Å². The third-order valence-corrected chi connectivity index (χ3v) is 5.80. The molecule has 0 rings (SSSR count). The van der Waals surface area contributed by atoms with E-state index in [4.69, 9.17) is 16.7 Å². The second kappa shape index (κ2) is 21.6. The molecule has 0 saturated carbocycles. The summed E-state index contributed by atoms with van der Waals surface area (Å²) < 4.78 is 0. The van der Waals surface area contributed by atoms with E-state index in [1.165, 1.54) is 6.42 Å². The third kappa shape index (κ3) is 38.3. The molecule has 0 radical (unpaired) electrons. The molecule has 0 aromatic rings. The Morgan fingerprint density at radius 3 is 1.00 bits per heavy atom. The second-order valence-corrected chi connectivity index (χ2v) is 9.80. The largest absolute Gasteiger partial charge is 0.393 e. The molecule has 0 saturated heterocycles. The zero-order valence-corrected chi connectivity index (χ0v) is 20.6. The summed E-state index contributed by atoms with van der Waals surface area (Å²) in [6.45, 7) is 25.4. The first-order valence-corrected chi connectivity index (χ1v) is 11.3. The van der Waals surface area contributed by atoms with Gasteiger partial charge in [0.15, 0.2) is 0 Å². The van der Waals surface area contributed by atoms with Crippen molar-refractivity contribution in [3.05, 3.63) is 0 Å². The third-order valence-electron chi connectivity index (χ3n) is 4.01. The van der Waals surface area contributed by atoms with Crippen LogP contribution >= 0.6 is 23.4 Å². The van der Waals surface area contributed by atoms with Crippen LogP contribution in [0, 0.1) is 23.7 Å². The van der Waals surface area contributed by atoms with Gasteiger partial charge in [-0.1, -0.05) is 75.7 Å². The molecule has 0 aromatic heterocycles. The molecule has 0 aromatic carbocycles. The summed E-state index contributed by atoms with van der Waals surface area (Å²) in [5.74, 6) is 2.74. The molecule has 0 aliphatic heterocycles. The van der Waals surface area contributed by atoms with Gasteiger partial charge in [-0.3, -0.25) is 0 Å². The van der Waals surface area contributed by atoms with Crippen LogP contribution < -0.4 is 0 Å². The maximum Gasteiger partial charge on any atom is 0.0535 e. The molecule has 3 atom stereocenters. The number of aliphatic hydroxyl groups is 1. The molecule has 3 heteroatoms. The van der Waals surface area contributed by atoms with Gasteiger partial charge in [-0.25, -0.2) is 0 Å². The summed E-state index contributed by atoms with van der Waals surface area (Å²) in [5, 5.41) is 9.77. The molecular weight excluding hydrogens is 336 g/mol. The summed E-state index contributed by atoms with van der Waals surface area (Å²) in [6, 6.07) is 0. The number of aliphatic hydroxyl groups excluding tert-OH is 1. The Morgan fingerprint density at radius 2 is 1.00 bits per heavy atom. The van der Waals surface area contributed by atoms with Crippen molar-refractivity contribution in [1.82, 2.24) is 0 Å². The zero-order chi connectivity index (χ0) is 20.5. The van der Waals surface area contributed by atoms with Crippen LogP contribution in [0.15, 0.2) is 0 Å². The average Bonchev–Trinajstić information content (AvgIpc) is 2.47. The van der Waals surface area contributed by atoms with Gasteiger partial charge in [0.1, 0.15) is 0 Å². The van der Waals surface area contributed by atoms with Gasteiger partial charge in [0, 0.05) is 10.6 Å². The van der Waals surface area contributed by atoms with Gasteiger partial charge >= 0.3 is 0 Å². The predicted octanol–water partition coefficient (Wildman–Crippen LogP) is 7.74. The van der Waals surface area contributed by atoms with Crippen LogP contribution in [0.3, 0.4) is 0 Å². The summed E-state index contributed by atoms with van der Waals surface area (Å²) in [5.41, 5.74) is 0. The molecule has 0 spiro atoms. The van der Waals surface area contributed by atoms with E-state index in [1.807, 2.05) is 32.5 Å². The maximum absolute atomic E-state index is 8.63. The van der Waals surface area contributed by atoms with E-state index in [-0.39, 0.29) is 6.10 Å². The number of rotatable bonds is 5. The first-order chi connectivity index (χ1) is 10.7. The van der Waals surface area contributed by atoms with Crippen LogP contribution in [0.2, 0.25) is 0 Å². The maximum atomic E-state index is 8.63. The Hall–Kier alpha value is 0.600. The van der Waals surface area contributed by atoms with Crippen molar-refractivity contribution in [3.8, 4) is 0 Å². The molecule has 0 aliphatic carbocycles. The molecule has 24 heavy (non-hydrogen) atoms. The van der Waals surface area contributed by atoms with E-state index in [2.05, 4.69) is 61.6 Å². The average molecular weight is 385 g/mol. The highest BCUT2D eigenvalue weighted by Gasteiger charge is 2.02. The van der Waals surface area contributed by atoms with Crippen molar-refractivity contribution in [2.75, 3.05) is 6.26 Å². The predicted molar refractivity (Wildman–Crippen MR) is 120 cm³/mol. The summed E-state index contributed by atoms with van der Waals surface area (Å²) in [7, 11) is 0. The first kappa shape index (κ1) is 32.3. The van der Waals surface area contributed by atoms with Gasteiger partial charge < -0.3 is 5.11 Å². The molecule has 0 bridgehead atoms. The van der Waals surface area contributed by atoms with E-state index >= 15 is 0 Å². The van der Waals surface area contributed by atoms with Crippen LogP contribution in [0.4, 0.5) is 0 Å². The molecule has 0 amide bonds. The number of hydrogen-bond acceptors (Lipinski definition) is 2. The Balaban J connectivity index is -0.000000112. The highest BCUT2D eigenvalue weighted by molar-refractivity contribution is 7.99. The van der Waals surface area contributed by atoms with Gasteiger partial charge in [-0.2, -0.15) is 11.8 Å². The van der Waals surface area contributed by atoms with Crippen molar-refractivity contribution < 1.29 is 5.11 Å². The number of halogens is 1. The van der Waals surface area contributed by atoms with E-state index in [0.29, 0.717) is 17.2 Å². The van der Waals surface area contributed by atoms with E-state index in [9.17, 15) is 0 Å². The molecule has 0 aliphatic rings. The van der Waals surface area contributed by atoms with Crippen molar-refractivity contribution in [1.29, 1.82) is 0 Å². The minimum absolute atomic E-state index is 0.148. The highest BCUT2D eigenvalue weighted by atomic mass is 35.5. The van der Waals surface area contributed by atoms with Crippen LogP contribution in [0.25, 0.3) is 0 Å². The number of hydrogen-bond donors (Lipinski definition) is 1. The van der Waals surface area contributed by atoms with Crippen LogP contribution in [-0.4, -0.2) is 28.1 Å². The van der Waals surface area contributed by atoms with Gasteiger partial charge in [0.2, 0.25) is 0 Å². The van der Waals surface area contributed by atoms with Gasteiger partial charge in [0.05, 0.1) is 6.10 Å². The molecule has 1 unspecified atom stereocenters. The second-order valence-electron chi connectivity index (χ2n) is 7.89. The van der Waals surface area contributed by atoms with E-state index in [1.54, 1.807) is 6.92 Å². The van der Waals surface area contributed by atoms with Crippen molar-refractivity contribution >= 4 is 23.4 Å². The lowest BCUT2D eigenvalue weighted by Gasteiger charge is -2.10. The zero-order valence-electron chi connectivity index (χ0n) is 19.0. The molecule has 1 N–H and O–H groups in total. The van der Waals surface area contributed by atoms with Crippen molar-refractivity contribution in [2.45, 2.75) is 106 Å². The van der Waals surface area contributed by atoms with E-state index in [0.717, 1.165) is 17.1 Å². The van der Waals surface area contributed by atoms with Gasteiger partial charge in [-0.15, -0.1) is 11.6 Å². The smallest absolute Gasteiger partial charge is 0.0535 e. The van der Waals surface area contributed by atoms with Crippen molar-refractivity contribution in [2.24, 2.45) is 23.7 Å². The lowest BCUT2D eigenvalue weighted by Crippen LogP contribution is -2.07. The molecule has 1 nitrogen and oxygen atoms in total. The summed E-state index contributed by atoms with van der Waals surface area (Å²) in [4.78, 5) is 0. The van der Waals surface area contributed by atoms with Crippen LogP contribution in [0.5, 0.6) is 0 Å².